The van der Waals surface area contributed by atoms with Gasteiger partial charge in [-0.2, -0.15) is 10.1 Å². The minimum Gasteiger partial charge on any atom is -0.353 e. The minimum atomic E-state index is 0.323. The van der Waals surface area contributed by atoms with Crippen molar-refractivity contribution in [1.82, 2.24) is 20.1 Å². The van der Waals surface area contributed by atoms with Gasteiger partial charge < -0.3 is 15.1 Å². The molecule has 0 radical (unpaired) electrons. The molecule has 6 heteroatoms. The Labute approximate surface area is 144 Å². The maximum Gasteiger partial charge on any atom is 0.244 e. The highest BCUT2D eigenvalue weighted by molar-refractivity contribution is 5.42. The van der Waals surface area contributed by atoms with E-state index < -0.39 is 0 Å². The van der Waals surface area contributed by atoms with Crippen molar-refractivity contribution in [3.05, 3.63) is 42.1 Å². The van der Waals surface area contributed by atoms with Gasteiger partial charge in [0, 0.05) is 19.1 Å². The number of rotatable bonds is 9. The Hall–Kier alpha value is -2.21. The Morgan fingerprint density at radius 3 is 2.54 bits per heavy atom. The van der Waals surface area contributed by atoms with E-state index in [-0.39, 0.29) is 0 Å². The Kier molecular flexibility index (Phi) is 6.93. The van der Waals surface area contributed by atoms with Gasteiger partial charge in [0.1, 0.15) is 0 Å². The third kappa shape index (κ3) is 5.77. The summed E-state index contributed by atoms with van der Waals surface area (Å²) in [5.74, 6) is 1.43. The van der Waals surface area contributed by atoms with Crippen LogP contribution in [0.1, 0.15) is 25.8 Å². The molecule has 130 valence electrons. The van der Waals surface area contributed by atoms with E-state index in [1.165, 1.54) is 5.56 Å². The molecule has 2 aromatic rings. The number of nitrogens with zero attached hydrogens (tertiary/aromatic N) is 5. The fraction of sp³-hybridized carbons (Fsp3) is 0.500. The van der Waals surface area contributed by atoms with Gasteiger partial charge in [-0.3, -0.25) is 0 Å². The number of benzene rings is 1. The molecule has 0 aliphatic rings. The molecule has 0 saturated carbocycles. The molecule has 0 amide bonds. The van der Waals surface area contributed by atoms with Gasteiger partial charge in [0.15, 0.2) is 5.82 Å². The maximum absolute atomic E-state index is 4.63. The first-order chi connectivity index (χ1) is 11.6. The summed E-state index contributed by atoms with van der Waals surface area (Å²) < 4.78 is 0. The summed E-state index contributed by atoms with van der Waals surface area (Å²) in [6.45, 7) is 7.00. The van der Waals surface area contributed by atoms with Crippen LogP contribution in [-0.4, -0.2) is 53.3 Å². The number of nitrogens with one attached hydrogen (secondary N) is 1. The summed E-state index contributed by atoms with van der Waals surface area (Å²) in [5, 5.41) is 11.5. The van der Waals surface area contributed by atoms with Crippen LogP contribution in [0.4, 0.5) is 11.8 Å². The molecule has 0 atom stereocenters. The van der Waals surface area contributed by atoms with Gasteiger partial charge in [0.25, 0.3) is 0 Å². The van der Waals surface area contributed by atoms with Gasteiger partial charge in [0.05, 0.1) is 6.20 Å². The van der Waals surface area contributed by atoms with Crippen LogP contribution < -0.4 is 10.2 Å². The number of hydrogen-bond acceptors (Lipinski definition) is 6. The monoisotopic (exact) mass is 328 g/mol. The predicted molar refractivity (Wildman–Crippen MR) is 99.2 cm³/mol. The second kappa shape index (κ2) is 9.17. The molecular formula is C18H28N6. The molecule has 0 aliphatic carbocycles. The van der Waals surface area contributed by atoms with E-state index in [0.717, 1.165) is 31.9 Å². The predicted octanol–water partition coefficient (Wildman–Crippen LogP) is 2.65. The summed E-state index contributed by atoms with van der Waals surface area (Å²) in [4.78, 5) is 9.03. The van der Waals surface area contributed by atoms with Crippen molar-refractivity contribution in [3.8, 4) is 0 Å². The molecule has 0 fully saturated rings. The summed E-state index contributed by atoms with van der Waals surface area (Å²) in [6, 6.07) is 10.7. The highest BCUT2D eigenvalue weighted by atomic mass is 15.3. The summed E-state index contributed by atoms with van der Waals surface area (Å²) in [7, 11) is 4.14. The molecule has 1 aromatic heterocycles. The molecule has 0 saturated heterocycles. The van der Waals surface area contributed by atoms with Crippen LogP contribution in [0.2, 0.25) is 0 Å². The molecule has 1 N–H and O–H groups in total. The molecule has 0 unspecified atom stereocenters. The van der Waals surface area contributed by atoms with Gasteiger partial charge in [-0.1, -0.05) is 30.3 Å². The van der Waals surface area contributed by atoms with Crippen molar-refractivity contribution in [2.24, 2.45) is 0 Å². The fourth-order valence-corrected chi connectivity index (χ4v) is 2.41. The first-order valence-electron chi connectivity index (χ1n) is 8.45. The SMILES string of the molecule is CC(C)N(Cc1ccccc1)c1cnnc(NCCCN(C)C)n1. The van der Waals surface area contributed by atoms with Gasteiger partial charge in [0.2, 0.25) is 5.95 Å². The van der Waals surface area contributed by atoms with E-state index >= 15 is 0 Å². The molecule has 0 bridgehead atoms. The Balaban J connectivity index is 2.03. The zero-order chi connectivity index (χ0) is 17.4. The van der Waals surface area contributed by atoms with Crippen LogP contribution in [0.15, 0.2) is 36.5 Å². The Bertz CT molecular complexity index is 599. The van der Waals surface area contributed by atoms with Gasteiger partial charge >= 0.3 is 0 Å². The van der Waals surface area contributed by atoms with Crippen molar-refractivity contribution in [1.29, 1.82) is 0 Å². The third-order valence-corrected chi connectivity index (χ3v) is 3.72. The van der Waals surface area contributed by atoms with Gasteiger partial charge in [-0.15, -0.1) is 5.10 Å². The topological polar surface area (TPSA) is 57.2 Å². The summed E-state index contributed by atoms with van der Waals surface area (Å²) >= 11 is 0. The van der Waals surface area contributed by atoms with E-state index in [4.69, 9.17) is 0 Å². The van der Waals surface area contributed by atoms with Gasteiger partial charge in [-0.05, 0) is 46.5 Å². The Morgan fingerprint density at radius 1 is 1.12 bits per heavy atom. The van der Waals surface area contributed by atoms with Crippen molar-refractivity contribution >= 4 is 11.8 Å². The average molecular weight is 328 g/mol. The van der Waals surface area contributed by atoms with Crippen molar-refractivity contribution < 1.29 is 0 Å². The summed E-state index contributed by atoms with van der Waals surface area (Å²) in [5.41, 5.74) is 1.25. The van der Waals surface area contributed by atoms with Crippen LogP contribution in [0.25, 0.3) is 0 Å². The lowest BCUT2D eigenvalue weighted by Gasteiger charge is -2.27. The standard InChI is InChI=1S/C18H28N6/c1-15(2)24(14-16-9-6-5-7-10-16)17-13-20-22-18(21-17)19-11-8-12-23(3)4/h5-7,9-10,13,15H,8,11-12,14H2,1-4H3,(H,19,21,22). The normalized spacial score (nSPS) is 11.1. The molecule has 0 spiro atoms. The first kappa shape index (κ1) is 18.1. The van der Waals surface area contributed by atoms with Crippen LogP contribution >= 0.6 is 0 Å². The maximum atomic E-state index is 4.63. The lowest BCUT2D eigenvalue weighted by Crippen LogP contribution is -2.31. The second-order valence-corrected chi connectivity index (χ2v) is 6.43. The molecule has 2 rings (SSSR count). The third-order valence-electron chi connectivity index (χ3n) is 3.72. The first-order valence-corrected chi connectivity index (χ1v) is 8.45. The minimum absolute atomic E-state index is 0.323. The zero-order valence-corrected chi connectivity index (χ0v) is 15.1. The number of hydrogen-bond donors (Lipinski definition) is 1. The van der Waals surface area contributed by atoms with E-state index in [1.54, 1.807) is 6.20 Å². The highest BCUT2D eigenvalue weighted by Crippen LogP contribution is 2.17. The molecule has 1 heterocycles. The average Bonchev–Trinajstić information content (AvgIpc) is 2.57. The van der Waals surface area contributed by atoms with Crippen molar-refractivity contribution in [2.75, 3.05) is 37.4 Å². The molecule has 6 nitrogen and oxygen atoms in total. The second-order valence-electron chi connectivity index (χ2n) is 6.43. The van der Waals surface area contributed by atoms with Crippen molar-refractivity contribution in [2.45, 2.75) is 32.9 Å². The van der Waals surface area contributed by atoms with Crippen LogP contribution in [0, 0.1) is 0 Å². The molecule has 24 heavy (non-hydrogen) atoms. The van der Waals surface area contributed by atoms with E-state index in [1.807, 2.05) is 6.07 Å². The molecular weight excluding hydrogens is 300 g/mol. The smallest absolute Gasteiger partial charge is 0.244 e. The Morgan fingerprint density at radius 2 is 1.88 bits per heavy atom. The number of anilines is 2. The van der Waals surface area contributed by atoms with Crippen molar-refractivity contribution in [3.63, 3.8) is 0 Å². The van der Waals surface area contributed by atoms with E-state index in [2.05, 4.69) is 82.5 Å². The van der Waals surface area contributed by atoms with Crippen LogP contribution in [0.3, 0.4) is 0 Å². The van der Waals surface area contributed by atoms with E-state index in [0.29, 0.717) is 12.0 Å². The molecule has 1 aromatic carbocycles. The highest BCUT2D eigenvalue weighted by Gasteiger charge is 2.14. The van der Waals surface area contributed by atoms with Crippen LogP contribution in [-0.2, 0) is 6.54 Å². The lowest BCUT2D eigenvalue weighted by atomic mass is 10.2. The van der Waals surface area contributed by atoms with Crippen LogP contribution in [0.5, 0.6) is 0 Å². The fourth-order valence-electron chi connectivity index (χ4n) is 2.41. The van der Waals surface area contributed by atoms with E-state index in [9.17, 15) is 0 Å². The lowest BCUT2D eigenvalue weighted by molar-refractivity contribution is 0.405. The summed E-state index contributed by atoms with van der Waals surface area (Å²) in [6.07, 6.45) is 2.77. The molecule has 0 aliphatic heterocycles. The van der Waals surface area contributed by atoms with Gasteiger partial charge in [-0.25, -0.2) is 0 Å². The largest absolute Gasteiger partial charge is 0.353 e. The quantitative estimate of drug-likeness (QED) is 0.714. The zero-order valence-electron chi connectivity index (χ0n) is 15.1. The number of aromatic nitrogens is 3.